The van der Waals surface area contributed by atoms with Crippen LogP contribution >= 0.6 is 0 Å². The second-order valence-corrected chi connectivity index (χ2v) is 15.8. The molecule has 0 unspecified atom stereocenters. The molecule has 0 aliphatic rings. The lowest BCUT2D eigenvalue weighted by molar-refractivity contribution is 0.669. The van der Waals surface area contributed by atoms with Crippen molar-refractivity contribution in [2.75, 3.05) is 0 Å². The van der Waals surface area contributed by atoms with Crippen LogP contribution in [0.25, 0.3) is 106 Å². The summed E-state index contributed by atoms with van der Waals surface area (Å²) >= 11 is 0. The zero-order chi connectivity index (χ0) is 41.7. The third kappa shape index (κ3) is 6.35. The summed E-state index contributed by atoms with van der Waals surface area (Å²) in [5.74, 6) is 2.68. The van der Waals surface area contributed by atoms with E-state index in [4.69, 9.17) is 24.4 Å². The summed E-state index contributed by atoms with van der Waals surface area (Å²) in [6.45, 7) is 0. The molecule has 296 valence electrons. The molecule has 0 bridgehead atoms. The summed E-state index contributed by atoms with van der Waals surface area (Å²) in [6, 6.07) is 71.5. The fourth-order valence-electron chi connectivity index (χ4n) is 9.14. The van der Waals surface area contributed by atoms with Gasteiger partial charge in [-0.1, -0.05) is 176 Å². The van der Waals surface area contributed by atoms with Crippen LogP contribution in [-0.4, -0.2) is 24.5 Å². The molecule has 0 spiro atoms. The summed E-state index contributed by atoms with van der Waals surface area (Å²) in [4.78, 5) is 21.0. The van der Waals surface area contributed by atoms with Gasteiger partial charge in [0, 0.05) is 51.0 Å². The summed E-state index contributed by atoms with van der Waals surface area (Å²) in [5.41, 5.74) is 13.2. The van der Waals surface area contributed by atoms with Crippen molar-refractivity contribution in [2.24, 2.45) is 0 Å². The molecule has 12 rings (SSSR count). The molecular weight excluding hydrogens is 771 g/mol. The standard InChI is InChI=1S/C57H37N5O/c1-5-18-37(19-6-1)43-28-17-29-44(38-20-7-2-8-21-38)52(43)42-34-41(35-51-59-55(39-22-9-3-10-23-39)61-56(60-51)40-24-11-4-12-25-40)57(58-36-42)62-48-30-15-13-26-45(48)46-32-33-50-53(54(46)62)47-27-14-16-31-49(47)63-50/h1-34,36H,35H2. The molecule has 4 heterocycles. The highest BCUT2D eigenvalue weighted by Crippen LogP contribution is 2.44. The Morgan fingerprint density at radius 2 is 0.984 bits per heavy atom. The normalized spacial score (nSPS) is 11.6. The number of para-hydroxylation sites is 2. The number of fused-ring (bicyclic) bond motifs is 7. The third-order valence-electron chi connectivity index (χ3n) is 11.9. The van der Waals surface area contributed by atoms with Crippen LogP contribution in [0.1, 0.15) is 11.4 Å². The van der Waals surface area contributed by atoms with Gasteiger partial charge in [-0.05, 0) is 58.1 Å². The number of nitrogens with zero attached hydrogens (tertiary/aromatic N) is 5. The van der Waals surface area contributed by atoms with Gasteiger partial charge in [0.1, 0.15) is 22.8 Å². The van der Waals surface area contributed by atoms with Gasteiger partial charge in [0.2, 0.25) is 0 Å². The molecule has 0 saturated heterocycles. The van der Waals surface area contributed by atoms with Crippen LogP contribution in [0.2, 0.25) is 0 Å². The molecule has 0 fully saturated rings. The quantitative estimate of drug-likeness (QED) is 0.153. The van der Waals surface area contributed by atoms with Crippen molar-refractivity contribution in [3.05, 3.63) is 224 Å². The Morgan fingerprint density at radius 3 is 1.62 bits per heavy atom. The van der Waals surface area contributed by atoms with Crippen LogP contribution in [0.4, 0.5) is 0 Å². The van der Waals surface area contributed by atoms with Gasteiger partial charge in [-0.2, -0.15) is 0 Å². The predicted octanol–water partition coefficient (Wildman–Crippen LogP) is 14.2. The van der Waals surface area contributed by atoms with Crippen molar-refractivity contribution >= 4 is 43.7 Å². The first-order valence-corrected chi connectivity index (χ1v) is 21.2. The Bertz CT molecular complexity index is 3520. The van der Waals surface area contributed by atoms with Gasteiger partial charge in [0.25, 0.3) is 0 Å². The van der Waals surface area contributed by atoms with E-state index < -0.39 is 0 Å². The molecule has 0 N–H and O–H groups in total. The summed E-state index contributed by atoms with van der Waals surface area (Å²) in [6.07, 6.45) is 2.42. The van der Waals surface area contributed by atoms with E-state index in [2.05, 4.69) is 138 Å². The maximum Gasteiger partial charge on any atom is 0.163 e. The minimum atomic E-state index is 0.378. The lowest BCUT2D eigenvalue weighted by Crippen LogP contribution is -2.08. The van der Waals surface area contributed by atoms with E-state index >= 15 is 0 Å². The molecule has 0 saturated carbocycles. The van der Waals surface area contributed by atoms with E-state index in [0.29, 0.717) is 23.9 Å². The number of benzene rings is 8. The van der Waals surface area contributed by atoms with Crippen LogP contribution < -0.4 is 0 Å². The van der Waals surface area contributed by atoms with Crippen molar-refractivity contribution in [3.8, 4) is 62.0 Å². The third-order valence-corrected chi connectivity index (χ3v) is 11.9. The van der Waals surface area contributed by atoms with Gasteiger partial charge < -0.3 is 4.42 Å². The lowest BCUT2D eigenvalue weighted by Gasteiger charge is -2.19. The molecule has 0 radical (unpaired) electrons. The second-order valence-electron chi connectivity index (χ2n) is 15.8. The van der Waals surface area contributed by atoms with Crippen molar-refractivity contribution in [1.82, 2.24) is 24.5 Å². The Hall–Kier alpha value is -8.48. The summed E-state index contributed by atoms with van der Waals surface area (Å²) in [7, 11) is 0. The first-order valence-electron chi connectivity index (χ1n) is 21.2. The van der Waals surface area contributed by atoms with E-state index in [1.807, 2.05) is 79.0 Å². The van der Waals surface area contributed by atoms with E-state index in [0.717, 1.165) is 99.6 Å². The van der Waals surface area contributed by atoms with Gasteiger partial charge in [-0.3, -0.25) is 4.57 Å². The van der Waals surface area contributed by atoms with Gasteiger partial charge in [0.05, 0.1) is 16.4 Å². The van der Waals surface area contributed by atoms with Crippen LogP contribution in [0.3, 0.4) is 0 Å². The molecule has 0 aliphatic heterocycles. The molecule has 4 aromatic heterocycles. The maximum absolute atomic E-state index is 6.51. The topological polar surface area (TPSA) is 69.6 Å². The molecular formula is C57H37N5O. The molecule has 8 aromatic carbocycles. The SMILES string of the molecule is c1ccc(-c2nc(Cc3cc(-c4c(-c5ccccc5)cccc4-c4ccccc4)cnc3-n3c4ccccc4c4ccc5oc6ccccc6c5c43)nc(-c3ccccc3)n2)cc1. The number of furan rings is 1. The smallest absolute Gasteiger partial charge is 0.163 e. The second kappa shape index (κ2) is 15.2. The van der Waals surface area contributed by atoms with E-state index in [9.17, 15) is 0 Å². The number of hydrogen-bond acceptors (Lipinski definition) is 5. The van der Waals surface area contributed by atoms with Crippen molar-refractivity contribution in [1.29, 1.82) is 0 Å². The average molecular weight is 808 g/mol. The first kappa shape index (κ1) is 36.4. The van der Waals surface area contributed by atoms with Gasteiger partial charge in [0.15, 0.2) is 11.6 Å². The molecule has 0 amide bonds. The zero-order valence-corrected chi connectivity index (χ0v) is 34.1. The Morgan fingerprint density at radius 1 is 0.429 bits per heavy atom. The van der Waals surface area contributed by atoms with Gasteiger partial charge in [-0.25, -0.2) is 19.9 Å². The van der Waals surface area contributed by atoms with Crippen LogP contribution in [-0.2, 0) is 6.42 Å². The van der Waals surface area contributed by atoms with Crippen molar-refractivity contribution < 1.29 is 4.42 Å². The monoisotopic (exact) mass is 807 g/mol. The maximum atomic E-state index is 6.51. The van der Waals surface area contributed by atoms with Crippen molar-refractivity contribution in [2.45, 2.75) is 6.42 Å². The van der Waals surface area contributed by atoms with Gasteiger partial charge >= 0.3 is 0 Å². The minimum absolute atomic E-state index is 0.378. The van der Waals surface area contributed by atoms with E-state index in [-0.39, 0.29) is 0 Å². The van der Waals surface area contributed by atoms with E-state index in [1.165, 1.54) is 0 Å². The van der Waals surface area contributed by atoms with E-state index in [1.54, 1.807) is 0 Å². The lowest BCUT2D eigenvalue weighted by atomic mass is 9.87. The highest BCUT2D eigenvalue weighted by Gasteiger charge is 2.24. The minimum Gasteiger partial charge on any atom is -0.456 e. The molecule has 6 nitrogen and oxygen atoms in total. The molecule has 12 aromatic rings. The van der Waals surface area contributed by atoms with Crippen molar-refractivity contribution in [3.63, 3.8) is 0 Å². The van der Waals surface area contributed by atoms with Crippen LogP contribution in [0.5, 0.6) is 0 Å². The Labute approximate surface area is 363 Å². The first-order chi connectivity index (χ1) is 31.2. The predicted molar refractivity (Wildman–Crippen MR) is 256 cm³/mol. The Balaban J connectivity index is 1.17. The average Bonchev–Trinajstić information content (AvgIpc) is 3.90. The summed E-state index contributed by atoms with van der Waals surface area (Å²) in [5, 5.41) is 4.37. The fourth-order valence-corrected chi connectivity index (χ4v) is 9.14. The Kier molecular flexibility index (Phi) is 8.78. The zero-order valence-electron chi connectivity index (χ0n) is 34.1. The van der Waals surface area contributed by atoms with Crippen LogP contribution in [0, 0.1) is 0 Å². The highest BCUT2D eigenvalue weighted by molar-refractivity contribution is 6.24. The summed E-state index contributed by atoms with van der Waals surface area (Å²) < 4.78 is 8.84. The number of aromatic nitrogens is 5. The fraction of sp³-hybridized carbons (Fsp3) is 0.0175. The number of hydrogen-bond donors (Lipinski definition) is 0. The highest BCUT2D eigenvalue weighted by atomic mass is 16.3. The molecule has 6 heteroatoms. The van der Waals surface area contributed by atoms with Crippen LogP contribution in [0.15, 0.2) is 217 Å². The molecule has 63 heavy (non-hydrogen) atoms. The number of rotatable bonds is 8. The number of pyridine rings is 1. The molecule has 0 aliphatic carbocycles. The molecule has 0 atom stereocenters. The van der Waals surface area contributed by atoms with Gasteiger partial charge in [-0.15, -0.1) is 0 Å². The largest absolute Gasteiger partial charge is 0.456 e.